The van der Waals surface area contributed by atoms with Gasteiger partial charge in [0.1, 0.15) is 5.60 Å². The first-order valence-corrected chi connectivity index (χ1v) is 7.03. The summed E-state index contributed by atoms with van der Waals surface area (Å²) >= 11 is 0. The van der Waals surface area contributed by atoms with Gasteiger partial charge < -0.3 is 15.2 Å². The van der Waals surface area contributed by atoms with Crippen molar-refractivity contribution in [3.63, 3.8) is 0 Å². The van der Waals surface area contributed by atoms with Crippen molar-refractivity contribution >= 4 is 6.09 Å². The van der Waals surface area contributed by atoms with Gasteiger partial charge in [-0.1, -0.05) is 0 Å². The first-order valence-electron chi connectivity index (χ1n) is 7.03. The molecular formula is C14H23N3O5. The second kappa shape index (κ2) is 7.26. The Morgan fingerprint density at radius 2 is 2.09 bits per heavy atom. The number of carbonyl (C=O) groups is 1. The maximum absolute atomic E-state index is 11.8. The molecule has 1 rings (SSSR count). The molecule has 0 spiro atoms. The minimum absolute atomic E-state index is 0.121. The lowest BCUT2D eigenvalue weighted by Crippen LogP contribution is -2.44. The van der Waals surface area contributed by atoms with Crippen LogP contribution in [0.25, 0.3) is 0 Å². The summed E-state index contributed by atoms with van der Waals surface area (Å²) in [6.07, 6.45) is 1.05. The number of ether oxygens (including phenoxy) is 1. The lowest BCUT2D eigenvalue weighted by Gasteiger charge is -2.23. The molecule has 0 aromatic carbocycles. The fourth-order valence-electron chi connectivity index (χ4n) is 1.83. The molecule has 0 aliphatic rings. The number of H-pyrrole nitrogens is 1. The van der Waals surface area contributed by atoms with Crippen molar-refractivity contribution in [1.29, 1.82) is 0 Å². The van der Waals surface area contributed by atoms with Crippen LogP contribution in [0.3, 0.4) is 0 Å². The first-order chi connectivity index (χ1) is 10.1. The Kier molecular flexibility index (Phi) is 5.92. The summed E-state index contributed by atoms with van der Waals surface area (Å²) in [6.45, 7) is 6.77. The molecule has 124 valence electrons. The van der Waals surface area contributed by atoms with E-state index in [4.69, 9.17) is 9.84 Å². The quantitative estimate of drug-likeness (QED) is 0.714. The van der Waals surface area contributed by atoms with Crippen molar-refractivity contribution in [3.05, 3.63) is 32.6 Å². The van der Waals surface area contributed by atoms with Crippen molar-refractivity contribution in [3.8, 4) is 0 Å². The zero-order valence-electron chi connectivity index (χ0n) is 13.3. The van der Waals surface area contributed by atoms with Gasteiger partial charge in [-0.2, -0.15) is 0 Å². The van der Waals surface area contributed by atoms with Crippen LogP contribution in [0.5, 0.6) is 0 Å². The minimum atomic E-state index is -0.640. The van der Waals surface area contributed by atoms with E-state index in [0.29, 0.717) is 5.56 Å². The number of carbonyl (C=O) groups excluding carboxylic acids is 1. The van der Waals surface area contributed by atoms with Crippen LogP contribution in [-0.2, 0) is 11.3 Å². The van der Waals surface area contributed by atoms with E-state index in [2.05, 4.69) is 10.3 Å². The molecule has 0 aliphatic heterocycles. The van der Waals surface area contributed by atoms with Crippen molar-refractivity contribution in [1.82, 2.24) is 14.9 Å². The predicted molar refractivity (Wildman–Crippen MR) is 80.9 cm³/mol. The molecule has 1 heterocycles. The Morgan fingerprint density at radius 3 is 2.64 bits per heavy atom. The molecule has 0 saturated heterocycles. The molecule has 1 aromatic rings. The molecule has 22 heavy (non-hydrogen) atoms. The SMILES string of the molecule is Cc1cn(C[C@@H](CCO)NC(=O)OC(C)(C)C)c(=O)[nH]c1=O. The van der Waals surface area contributed by atoms with Gasteiger partial charge in [0.25, 0.3) is 5.56 Å². The number of amides is 1. The van der Waals surface area contributed by atoms with Gasteiger partial charge >= 0.3 is 11.8 Å². The van der Waals surface area contributed by atoms with Gasteiger partial charge in [0.2, 0.25) is 0 Å². The summed E-state index contributed by atoms with van der Waals surface area (Å²) in [5, 5.41) is 11.7. The third kappa shape index (κ3) is 5.72. The highest BCUT2D eigenvalue weighted by molar-refractivity contribution is 5.68. The summed E-state index contributed by atoms with van der Waals surface area (Å²) in [4.78, 5) is 37.1. The lowest BCUT2D eigenvalue weighted by molar-refractivity contribution is 0.0491. The Balaban J connectivity index is 2.85. The van der Waals surface area contributed by atoms with Gasteiger partial charge in [-0.3, -0.25) is 14.3 Å². The number of hydrogen-bond acceptors (Lipinski definition) is 5. The van der Waals surface area contributed by atoms with E-state index >= 15 is 0 Å². The summed E-state index contributed by atoms with van der Waals surface area (Å²) in [6, 6.07) is -0.497. The number of nitrogens with one attached hydrogen (secondary N) is 2. The molecule has 1 aromatic heterocycles. The maximum Gasteiger partial charge on any atom is 0.407 e. The number of aliphatic hydroxyl groups is 1. The van der Waals surface area contributed by atoms with Crippen LogP contribution in [0, 0.1) is 6.92 Å². The average Bonchev–Trinajstić information content (AvgIpc) is 2.33. The Hall–Kier alpha value is -2.09. The van der Waals surface area contributed by atoms with Gasteiger partial charge in [-0.25, -0.2) is 9.59 Å². The average molecular weight is 313 g/mol. The highest BCUT2D eigenvalue weighted by Crippen LogP contribution is 2.07. The van der Waals surface area contributed by atoms with E-state index in [1.54, 1.807) is 27.7 Å². The zero-order valence-corrected chi connectivity index (χ0v) is 13.3. The van der Waals surface area contributed by atoms with Gasteiger partial charge in [-0.05, 0) is 34.1 Å². The van der Waals surface area contributed by atoms with E-state index in [-0.39, 0.29) is 19.6 Å². The number of rotatable bonds is 5. The molecule has 1 amide bonds. The van der Waals surface area contributed by atoms with Crippen LogP contribution in [0.2, 0.25) is 0 Å². The molecule has 3 N–H and O–H groups in total. The van der Waals surface area contributed by atoms with Gasteiger partial charge in [0, 0.05) is 24.9 Å². The zero-order chi connectivity index (χ0) is 16.9. The second-order valence-corrected chi connectivity index (χ2v) is 6.08. The van der Waals surface area contributed by atoms with Crippen molar-refractivity contribution < 1.29 is 14.6 Å². The third-order valence-electron chi connectivity index (χ3n) is 2.80. The van der Waals surface area contributed by atoms with Crippen molar-refractivity contribution in [2.24, 2.45) is 0 Å². The number of hydrogen-bond donors (Lipinski definition) is 3. The number of aliphatic hydroxyl groups excluding tert-OH is 1. The smallest absolute Gasteiger partial charge is 0.407 e. The monoisotopic (exact) mass is 313 g/mol. The molecule has 0 saturated carbocycles. The summed E-state index contributed by atoms with van der Waals surface area (Å²) in [5.74, 6) is 0. The van der Waals surface area contributed by atoms with Gasteiger partial charge in [0.15, 0.2) is 0 Å². The normalized spacial score (nSPS) is 12.8. The van der Waals surface area contributed by atoms with Gasteiger partial charge in [-0.15, -0.1) is 0 Å². The van der Waals surface area contributed by atoms with Crippen LogP contribution in [0.15, 0.2) is 15.8 Å². The summed E-state index contributed by atoms with van der Waals surface area (Å²) < 4.78 is 6.43. The summed E-state index contributed by atoms with van der Waals surface area (Å²) in [5.41, 5.74) is -1.26. The van der Waals surface area contributed by atoms with Crippen LogP contribution in [-0.4, -0.2) is 39.0 Å². The Bertz CT molecular complexity index is 627. The largest absolute Gasteiger partial charge is 0.444 e. The Morgan fingerprint density at radius 1 is 1.45 bits per heavy atom. The van der Waals surface area contributed by atoms with Crippen molar-refractivity contribution in [2.45, 2.75) is 52.3 Å². The van der Waals surface area contributed by atoms with Crippen LogP contribution < -0.4 is 16.6 Å². The number of aromatic nitrogens is 2. The standard InChI is InChI=1S/C14H23N3O5/c1-9-7-17(12(20)16-11(9)19)8-10(5-6-18)15-13(21)22-14(2,3)4/h7,10,18H,5-6,8H2,1-4H3,(H,15,21)(H,16,19,20)/t10-/m1/s1. The first kappa shape index (κ1) is 18.0. The maximum atomic E-state index is 11.8. The fraction of sp³-hybridized carbons (Fsp3) is 0.643. The second-order valence-electron chi connectivity index (χ2n) is 6.08. The molecule has 8 nitrogen and oxygen atoms in total. The molecule has 0 bridgehead atoms. The topological polar surface area (TPSA) is 113 Å². The molecule has 0 fully saturated rings. The minimum Gasteiger partial charge on any atom is -0.444 e. The fourth-order valence-corrected chi connectivity index (χ4v) is 1.83. The lowest BCUT2D eigenvalue weighted by atomic mass is 10.2. The van der Waals surface area contributed by atoms with Crippen molar-refractivity contribution in [2.75, 3.05) is 6.61 Å². The van der Waals surface area contributed by atoms with Crippen LogP contribution >= 0.6 is 0 Å². The van der Waals surface area contributed by atoms with E-state index < -0.39 is 29.0 Å². The highest BCUT2D eigenvalue weighted by Gasteiger charge is 2.20. The number of aryl methyl sites for hydroxylation is 1. The molecule has 0 radical (unpaired) electrons. The third-order valence-corrected chi connectivity index (χ3v) is 2.80. The highest BCUT2D eigenvalue weighted by atomic mass is 16.6. The molecule has 0 unspecified atom stereocenters. The van der Waals surface area contributed by atoms with E-state index in [1.165, 1.54) is 10.8 Å². The summed E-state index contributed by atoms with van der Waals surface area (Å²) in [7, 11) is 0. The number of alkyl carbamates (subject to hydrolysis) is 1. The molecule has 8 heteroatoms. The van der Waals surface area contributed by atoms with Gasteiger partial charge in [0.05, 0.1) is 6.04 Å². The van der Waals surface area contributed by atoms with E-state index in [9.17, 15) is 14.4 Å². The molecule has 0 aliphatic carbocycles. The molecular weight excluding hydrogens is 290 g/mol. The number of aromatic amines is 1. The van der Waals surface area contributed by atoms with E-state index in [0.717, 1.165) is 0 Å². The number of nitrogens with zero attached hydrogens (tertiary/aromatic N) is 1. The predicted octanol–water partition coefficient (Wildman–Crippen LogP) is 0.121. The Labute approximate surface area is 128 Å². The molecule has 1 atom stereocenters. The van der Waals surface area contributed by atoms with E-state index in [1.807, 2.05) is 0 Å². The van der Waals surface area contributed by atoms with Crippen LogP contribution in [0.1, 0.15) is 32.8 Å². The van der Waals surface area contributed by atoms with Crippen LogP contribution in [0.4, 0.5) is 4.79 Å².